The molecule has 0 saturated carbocycles. The van der Waals surface area contributed by atoms with E-state index in [2.05, 4.69) is 15.0 Å². The molecule has 1 aliphatic heterocycles. The van der Waals surface area contributed by atoms with E-state index < -0.39 is 0 Å². The second kappa shape index (κ2) is 7.00. The normalized spacial score (nSPS) is 15.5. The molecule has 0 N–H and O–H groups in total. The van der Waals surface area contributed by atoms with Crippen LogP contribution in [0.1, 0.15) is 27.5 Å². The second-order valence-electron chi connectivity index (χ2n) is 6.01. The van der Waals surface area contributed by atoms with Crippen LogP contribution in [0, 0.1) is 13.8 Å². The Morgan fingerprint density at radius 1 is 1.21 bits per heavy atom. The second-order valence-corrected chi connectivity index (χ2v) is 6.01. The molecule has 3 rings (SSSR count). The van der Waals surface area contributed by atoms with Gasteiger partial charge in [-0.15, -0.1) is 0 Å². The molecule has 0 radical (unpaired) electrons. The highest BCUT2D eigenvalue weighted by atomic mass is 16.5. The number of carbonyl (C=O) groups excluding carboxylic acids is 1. The summed E-state index contributed by atoms with van der Waals surface area (Å²) >= 11 is 0. The number of aromatic nitrogens is 2. The molecule has 0 bridgehead atoms. The zero-order chi connectivity index (χ0) is 17.1. The number of piperazine rings is 1. The lowest BCUT2D eigenvalue weighted by Gasteiger charge is -2.34. The van der Waals surface area contributed by atoms with Gasteiger partial charge in [0.15, 0.2) is 5.76 Å². The van der Waals surface area contributed by atoms with E-state index in [9.17, 15) is 4.79 Å². The van der Waals surface area contributed by atoms with Crippen molar-refractivity contribution < 1.29 is 14.1 Å². The Kier molecular flexibility index (Phi) is 4.80. The number of amides is 1. The molecule has 0 aromatic carbocycles. The van der Waals surface area contributed by atoms with Crippen molar-refractivity contribution in [3.63, 3.8) is 0 Å². The Balaban J connectivity index is 1.61. The van der Waals surface area contributed by atoms with Crippen LogP contribution in [0.4, 0.5) is 0 Å². The smallest absolute Gasteiger partial charge is 0.259 e. The minimum atomic E-state index is -0.0329. The van der Waals surface area contributed by atoms with Crippen LogP contribution in [0.3, 0.4) is 0 Å². The quantitative estimate of drug-likeness (QED) is 0.849. The summed E-state index contributed by atoms with van der Waals surface area (Å²) < 4.78 is 10.5. The van der Waals surface area contributed by atoms with Gasteiger partial charge in [0.05, 0.1) is 19.3 Å². The van der Waals surface area contributed by atoms with Gasteiger partial charge in [-0.05, 0) is 26.0 Å². The lowest BCUT2D eigenvalue weighted by molar-refractivity contribution is 0.0613. The molecule has 128 valence electrons. The van der Waals surface area contributed by atoms with Gasteiger partial charge >= 0.3 is 0 Å². The molecule has 1 amide bonds. The molecule has 1 aliphatic rings. The number of nitrogens with zero attached hydrogens (tertiary/aromatic N) is 4. The average Bonchev–Trinajstić information content (AvgIpc) is 2.99. The van der Waals surface area contributed by atoms with E-state index in [-0.39, 0.29) is 5.91 Å². The maximum absolute atomic E-state index is 12.7. The first-order valence-electron chi connectivity index (χ1n) is 8.02. The zero-order valence-corrected chi connectivity index (χ0v) is 14.3. The number of rotatable bonds is 4. The molecular weight excluding hydrogens is 308 g/mol. The summed E-state index contributed by atoms with van der Waals surface area (Å²) in [5.74, 6) is 1.21. The van der Waals surface area contributed by atoms with Crippen molar-refractivity contribution in [1.82, 2.24) is 19.9 Å². The molecule has 2 aromatic heterocycles. The maximum atomic E-state index is 12.7. The van der Waals surface area contributed by atoms with Crippen LogP contribution in [0.5, 0.6) is 5.88 Å². The van der Waals surface area contributed by atoms with Gasteiger partial charge in [0.25, 0.3) is 5.91 Å². The first-order chi connectivity index (χ1) is 11.6. The van der Waals surface area contributed by atoms with Crippen LogP contribution in [-0.2, 0) is 6.54 Å². The summed E-state index contributed by atoms with van der Waals surface area (Å²) in [7, 11) is 1.54. The van der Waals surface area contributed by atoms with Crippen molar-refractivity contribution in [3.8, 4) is 5.88 Å². The molecule has 0 atom stereocenters. The van der Waals surface area contributed by atoms with E-state index >= 15 is 0 Å². The average molecular weight is 330 g/mol. The fourth-order valence-corrected chi connectivity index (χ4v) is 2.84. The number of ether oxygens (including phenoxy) is 1. The minimum Gasteiger partial charge on any atom is -0.480 e. The predicted molar refractivity (Wildman–Crippen MR) is 87.9 cm³/mol. The Labute approximate surface area is 141 Å². The van der Waals surface area contributed by atoms with Crippen LogP contribution in [0.25, 0.3) is 0 Å². The molecule has 7 nitrogen and oxygen atoms in total. The number of hydrogen-bond acceptors (Lipinski definition) is 6. The van der Waals surface area contributed by atoms with Crippen LogP contribution < -0.4 is 4.74 Å². The van der Waals surface area contributed by atoms with E-state index in [1.165, 1.54) is 7.11 Å². The van der Waals surface area contributed by atoms with Crippen molar-refractivity contribution in [1.29, 1.82) is 0 Å². The fraction of sp³-hybridized carbons (Fsp3) is 0.471. The van der Waals surface area contributed by atoms with Crippen molar-refractivity contribution in [2.75, 3.05) is 33.3 Å². The third-order valence-corrected chi connectivity index (χ3v) is 4.14. The molecule has 2 aromatic rings. The van der Waals surface area contributed by atoms with Crippen molar-refractivity contribution in [3.05, 3.63) is 40.9 Å². The molecule has 3 heterocycles. The SMILES string of the molecule is COc1nc(C)ccc1C(=O)N1CCN(Cc2cc(C)no2)CC1. The fourth-order valence-electron chi connectivity index (χ4n) is 2.84. The topological polar surface area (TPSA) is 71.7 Å². The molecule has 1 saturated heterocycles. The van der Waals surface area contributed by atoms with Crippen molar-refractivity contribution >= 4 is 5.91 Å². The van der Waals surface area contributed by atoms with Crippen LogP contribution >= 0.6 is 0 Å². The Morgan fingerprint density at radius 3 is 2.58 bits per heavy atom. The molecule has 7 heteroatoms. The van der Waals surface area contributed by atoms with E-state index in [1.807, 2.05) is 30.9 Å². The Bertz CT molecular complexity index is 720. The van der Waals surface area contributed by atoms with Gasteiger partial charge in [0.2, 0.25) is 5.88 Å². The maximum Gasteiger partial charge on any atom is 0.259 e. The van der Waals surface area contributed by atoms with Crippen LogP contribution in [0.2, 0.25) is 0 Å². The molecule has 1 fully saturated rings. The number of hydrogen-bond donors (Lipinski definition) is 0. The van der Waals surface area contributed by atoms with Crippen LogP contribution in [-0.4, -0.2) is 59.1 Å². The van der Waals surface area contributed by atoms with Gasteiger partial charge in [0, 0.05) is 37.9 Å². The van der Waals surface area contributed by atoms with Gasteiger partial charge in [-0.25, -0.2) is 4.98 Å². The molecule has 0 spiro atoms. The largest absolute Gasteiger partial charge is 0.480 e. The first-order valence-corrected chi connectivity index (χ1v) is 8.02. The van der Waals surface area contributed by atoms with Gasteiger partial charge in [0.1, 0.15) is 5.56 Å². The molecule has 0 aliphatic carbocycles. The zero-order valence-electron chi connectivity index (χ0n) is 14.3. The first kappa shape index (κ1) is 16.4. The van der Waals surface area contributed by atoms with Crippen LogP contribution in [0.15, 0.2) is 22.7 Å². The summed E-state index contributed by atoms with van der Waals surface area (Å²) in [5.41, 5.74) is 2.23. The van der Waals surface area contributed by atoms with Gasteiger partial charge in [-0.1, -0.05) is 5.16 Å². The summed E-state index contributed by atoms with van der Waals surface area (Å²) in [6.45, 7) is 7.44. The van der Waals surface area contributed by atoms with Gasteiger partial charge in [-0.2, -0.15) is 0 Å². The third-order valence-electron chi connectivity index (χ3n) is 4.14. The molecule has 24 heavy (non-hydrogen) atoms. The number of methoxy groups -OCH3 is 1. The number of pyridine rings is 1. The Morgan fingerprint density at radius 2 is 1.96 bits per heavy atom. The number of aryl methyl sites for hydroxylation is 2. The van der Waals surface area contributed by atoms with E-state index in [4.69, 9.17) is 9.26 Å². The summed E-state index contributed by atoms with van der Waals surface area (Å²) in [5, 5.41) is 3.90. The highest BCUT2D eigenvalue weighted by molar-refractivity contribution is 5.96. The lowest BCUT2D eigenvalue weighted by Crippen LogP contribution is -2.48. The highest BCUT2D eigenvalue weighted by Gasteiger charge is 2.25. The van der Waals surface area contributed by atoms with E-state index in [0.29, 0.717) is 24.5 Å². The van der Waals surface area contributed by atoms with Crippen molar-refractivity contribution in [2.45, 2.75) is 20.4 Å². The van der Waals surface area contributed by atoms with E-state index in [1.54, 1.807) is 6.07 Å². The number of carbonyl (C=O) groups is 1. The highest BCUT2D eigenvalue weighted by Crippen LogP contribution is 2.19. The summed E-state index contributed by atoms with van der Waals surface area (Å²) in [4.78, 5) is 21.1. The lowest BCUT2D eigenvalue weighted by atomic mass is 10.2. The summed E-state index contributed by atoms with van der Waals surface area (Å²) in [6.07, 6.45) is 0. The minimum absolute atomic E-state index is 0.0329. The predicted octanol–water partition coefficient (Wildman–Crippen LogP) is 1.65. The summed E-state index contributed by atoms with van der Waals surface area (Å²) in [6, 6.07) is 5.56. The Hall–Kier alpha value is -2.41. The standard InChI is InChI=1S/C17H22N4O3/c1-12-4-5-15(16(18-12)23-3)17(22)21-8-6-20(7-9-21)11-14-10-13(2)19-24-14/h4-5,10H,6-9,11H2,1-3H3. The van der Waals surface area contributed by atoms with Gasteiger partial charge < -0.3 is 14.2 Å². The molecule has 0 unspecified atom stereocenters. The monoisotopic (exact) mass is 330 g/mol. The van der Waals surface area contributed by atoms with Crippen molar-refractivity contribution in [2.24, 2.45) is 0 Å². The third kappa shape index (κ3) is 3.56. The molecular formula is C17H22N4O3. The van der Waals surface area contributed by atoms with E-state index in [0.717, 1.165) is 36.8 Å². The van der Waals surface area contributed by atoms with Gasteiger partial charge in [-0.3, -0.25) is 9.69 Å².